The van der Waals surface area contributed by atoms with E-state index in [2.05, 4.69) is 4.98 Å². The molecule has 8 heteroatoms. The lowest BCUT2D eigenvalue weighted by Crippen LogP contribution is -2.10. The third-order valence-corrected chi connectivity index (χ3v) is 4.19. The minimum atomic E-state index is -0.777. The largest absolute Gasteiger partial charge is 0.508 e. The zero-order valence-electron chi connectivity index (χ0n) is 14.4. The van der Waals surface area contributed by atoms with E-state index in [4.69, 9.17) is 16.9 Å². The fourth-order valence-electron chi connectivity index (χ4n) is 2.86. The van der Waals surface area contributed by atoms with Crippen LogP contribution in [0.15, 0.2) is 42.5 Å². The van der Waals surface area contributed by atoms with Crippen LogP contribution in [0.25, 0.3) is 22.4 Å². The number of benzene rings is 2. The molecule has 0 fully saturated rings. The number of anilines is 1. The van der Waals surface area contributed by atoms with Crippen molar-refractivity contribution >= 4 is 17.9 Å². The molecule has 0 aliphatic rings. The zero-order chi connectivity index (χ0) is 20.4. The number of halogens is 1. The summed E-state index contributed by atoms with van der Waals surface area (Å²) in [4.78, 5) is 15.4. The van der Waals surface area contributed by atoms with E-state index >= 15 is 0 Å². The van der Waals surface area contributed by atoms with Crippen LogP contribution >= 0.6 is 0 Å². The fraction of sp³-hybridized carbons (Fsp3) is 0. The van der Waals surface area contributed by atoms with Gasteiger partial charge in [0.15, 0.2) is 0 Å². The molecule has 0 atom stereocenters. The number of rotatable bonds is 4. The molecule has 3 rings (SSSR count). The van der Waals surface area contributed by atoms with Crippen molar-refractivity contribution in [3.63, 3.8) is 0 Å². The van der Waals surface area contributed by atoms with Crippen LogP contribution in [0.5, 0.6) is 5.75 Å². The van der Waals surface area contributed by atoms with Crippen LogP contribution in [-0.2, 0) is 0 Å². The molecule has 0 saturated carbocycles. The second-order valence-corrected chi connectivity index (χ2v) is 5.87. The topological polar surface area (TPSA) is 150 Å². The van der Waals surface area contributed by atoms with Gasteiger partial charge in [-0.05, 0) is 29.8 Å². The Balaban J connectivity index is 2.35. The summed E-state index contributed by atoms with van der Waals surface area (Å²) in [5.41, 5.74) is 12.4. The summed E-state index contributed by atoms with van der Waals surface area (Å²) in [6, 6.07) is 11.5. The minimum absolute atomic E-state index is 0.00381. The lowest BCUT2D eigenvalue weighted by molar-refractivity contribution is 0.100. The number of aromatic nitrogens is 1. The zero-order valence-corrected chi connectivity index (χ0v) is 14.4. The Labute approximate surface area is 159 Å². The van der Waals surface area contributed by atoms with Crippen LogP contribution in [0.3, 0.4) is 0 Å². The van der Waals surface area contributed by atoms with Crippen molar-refractivity contribution in [2.24, 2.45) is 5.73 Å². The molecule has 0 aliphatic carbocycles. The molecule has 1 aromatic heterocycles. The molecular formula is C20H14FN5O2. The molecule has 0 spiro atoms. The van der Waals surface area contributed by atoms with Crippen molar-refractivity contribution in [1.82, 2.24) is 4.98 Å². The van der Waals surface area contributed by atoms with Gasteiger partial charge >= 0.3 is 0 Å². The molecule has 1 heterocycles. The number of aromatic hydroxyl groups is 1. The van der Waals surface area contributed by atoms with Gasteiger partial charge in [-0.15, -0.1) is 0 Å². The van der Waals surface area contributed by atoms with Gasteiger partial charge in [0, 0.05) is 34.5 Å². The normalized spacial score (nSPS) is 10.3. The van der Waals surface area contributed by atoms with E-state index < -0.39 is 11.7 Å². The Morgan fingerprint density at radius 3 is 2.46 bits per heavy atom. The van der Waals surface area contributed by atoms with E-state index in [1.54, 1.807) is 12.1 Å². The summed E-state index contributed by atoms with van der Waals surface area (Å²) in [6.07, 6.45) is 0.956. The number of primary amides is 1. The number of carbonyl (C=O) groups is 1. The van der Waals surface area contributed by atoms with Gasteiger partial charge in [0.2, 0.25) is 5.91 Å². The Hall–Kier alpha value is -4.25. The third kappa shape index (κ3) is 3.12. The maximum absolute atomic E-state index is 14.4. The van der Waals surface area contributed by atoms with Crippen LogP contribution in [0.4, 0.5) is 10.2 Å². The first-order chi connectivity index (χ1) is 13.4. The minimum Gasteiger partial charge on any atom is -0.508 e. The number of amides is 1. The van der Waals surface area contributed by atoms with Crippen molar-refractivity contribution < 1.29 is 14.3 Å². The van der Waals surface area contributed by atoms with Crippen molar-refractivity contribution in [2.75, 3.05) is 5.73 Å². The van der Waals surface area contributed by atoms with Gasteiger partial charge in [0.05, 0.1) is 11.3 Å². The highest BCUT2D eigenvalue weighted by atomic mass is 19.1. The summed E-state index contributed by atoms with van der Waals surface area (Å²) in [5.74, 6) is -1.72. The quantitative estimate of drug-likeness (QED) is 0.517. The monoisotopic (exact) mass is 375 g/mol. The summed E-state index contributed by atoms with van der Waals surface area (Å²) in [5, 5.41) is 26.9. The molecule has 0 unspecified atom stereocenters. The number of hydrogen-bond donors (Lipinski definition) is 4. The van der Waals surface area contributed by atoms with Gasteiger partial charge in [0.25, 0.3) is 0 Å². The molecule has 0 bridgehead atoms. The molecule has 6 N–H and O–H groups in total. The third-order valence-electron chi connectivity index (χ3n) is 4.19. The molecule has 2 aromatic carbocycles. The summed E-state index contributed by atoms with van der Waals surface area (Å²) in [7, 11) is 0. The van der Waals surface area contributed by atoms with Crippen LogP contribution in [0, 0.1) is 22.6 Å². The van der Waals surface area contributed by atoms with Gasteiger partial charge in [-0.3, -0.25) is 4.79 Å². The average molecular weight is 375 g/mol. The summed E-state index contributed by atoms with van der Waals surface area (Å²) < 4.78 is 14.4. The number of pyridine rings is 1. The number of phenols is 1. The van der Waals surface area contributed by atoms with Crippen LogP contribution in [-0.4, -0.2) is 22.2 Å². The number of carbonyl (C=O) groups excluding carboxylic acids is 1. The first kappa shape index (κ1) is 18.5. The van der Waals surface area contributed by atoms with Crippen molar-refractivity contribution in [2.45, 2.75) is 0 Å². The number of hydrogen-bond acceptors (Lipinski definition) is 6. The maximum atomic E-state index is 14.4. The molecule has 138 valence electrons. The highest BCUT2D eigenvalue weighted by Gasteiger charge is 2.22. The lowest BCUT2D eigenvalue weighted by atomic mass is 9.91. The van der Waals surface area contributed by atoms with Gasteiger partial charge in [-0.2, -0.15) is 5.26 Å². The predicted octanol–water partition coefficient (Wildman–Crippen LogP) is 2.81. The maximum Gasteiger partial charge on any atom is 0.248 e. The van der Waals surface area contributed by atoms with Crippen molar-refractivity contribution in [3.8, 4) is 34.2 Å². The van der Waals surface area contributed by atoms with E-state index in [1.165, 1.54) is 24.3 Å². The van der Waals surface area contributed by atoms with E-state index in [0.717, 1.165) is 12.3 Å². The number of phenolic OH excluding ortho intramolecular Hbond substituents is 1. The van der Waals surface area contributed by atoms with Crippen molar-refractivity contribution in [1.29, 1.82) is 10.7 Å². The van der Waals surface area contributed by atoms with Crippen LogP contribution in [0.2, 0.25) is 0 Å². The number of nitrogens with one attached hydrogen (secondary N) is 1. The summed E-state index contributed by atoms with van der Waals surface area (Å²) >= 11 is 0. The molecule has 7 nitrogen and oxygen atoms in total. The predicted molar refractivity (Wildman–Crippen MR) is 102 cm³/mol. The molecule has 1 amide bonds. The second kappa shape index (κ2) is 7.17. The number of nitriles is 1. The summed E-state index contributed by atoms with van der Waals surface area (Å²) in [6.45, 7) is 0. The standard InChI is InChI=1S/C20H14FN5O2/c21-16-7-12(27)5-6-13(16)18-14(8-22)17(15(9-23)19(24)26-18)10-1-3-11(4-2-10)20(25)28/h1-7,9,23,27H,(H2,24,26)(H2,25,28). The number of nitrogens with zero attached hydrogens (tertiary/aromatic N) is 2. The Morgan fingerprint density at radius 2 is 1.93 bits per heavy atom. The molecule has 0 saturated heterocycles. The van der Waals surface area contributed by atoms with E-state index in [0.29, 0.717) is 5.56 Å². The molecule has 3 aromatic rings. The van der Waals surface area contributed by atoms with Crippen LogP contribution in [0.1, 0.15) is 21.5 Å². The molecular weight excluding hydrogens is 361 g/mol. The molecule has 0 aliphatic heterocycles. The van der Waals surface area contributed by atoms with E-state index in [1.807, 2.05) is 6.07 Å². The first-order valence-electron chi connectivity index (χ1n) is 8.00. The average Bonchev–Trinajstić information content (AvgIpc) is 2.67. The molecule has 0 radical (unpaired) electrons. The fourth-order valence-corrected chi connectivity index (χ4v) is 2.86. The highest BCUT2D eigenvalue weighted by Crippen LogP contribution is 2.37. The lowest BCUT2D eigenvalue weighted by Gasteiger charge is -2.15. The van der Waals surface area contributed by atoms with Crippen molar-refractivity contribution in [3.05, 3.63) is 65.0 Å². The SMILES string of the molecule is N#Cc1c(-c2ccc(O)cc2F)nc(N)c(C=N)c1-c1ccc(C(N)=O)cc1. The van der Waals surface area contributed by atoms with Gasteiger partial charge in [0.1, 0.15) is 23.5 Å². The van der Waals surface area contributed by atoms with Gasteiger partial charge < -0.3 is 22.0 Å². The Morgan fingerprint density at radius 1 is 1.25 bits per heavy atom. The van der Waals surface area contributed by atoms with Gasteiger partial charge in [-0.1, -0.05) is 12.1 Å². The highest BCUT2D eigenvalue weighted by molar-refractivity contribution is 5.99. The first-order valence-corrected chi connectivity index (χ1v) is 8.00. The van der Waals surface area contributed by atoms with Crippen LogP contribution < -0.4 is 11.5 Å². The smallest absolute Gasteiger partial charge is 0.248 e. The second-order valence-electron chi connectivity index (χ2n) is 5.87. The number of nitrogen functional groups attached to an aromatic ring is 1. The molecule has 28 heavy (non-hydrogen) atoms. The van der Waals surface area contributed by atoms with Gasteiger partial charge in [-0.25, -0.2) is 9.37 Å². The van der Waals surface area contributed by atoms with E-state index in [-0.39, 0.29) is 45.1 Å². The Kier molecular flexibility index (Phi) is 4.75. The Bertz CT molecular complexity index is 1150. The number of nitrogens with two attached hydrogens (primary N) is 2. The van der Waals surface area contributed by atoms with E-state index in [9.17, 15) is 19.6 Å².